The molecule has 0 aromatic heterocycles. The summed E-state index contributed by atoms with van der Waals surface area (Å²) in [6.45, 7) is 1.54. The van der Waals surface area contributed by atoms with E-state index in [2.05, 4.69) is 15.6 Å². The van der Waals surface area contributed by atoms with Crippen molar-refractivity contribution in [2.24, 2.45) is 4.99 Å². The molecular formula is C19H22F3N3O. The first-order valence-corrected chi connectivity index (χ1v) is 8.10. The number of aliphatic imine (C=N–C) groups is 1. The van der Waals surface area contributed by atoms with E-state index in [1.54, 1.807) is 14.2 Å². The molecule has 26 heavy (non-hydrogen) atoms. The maximum absolute atomic E-state index is 12.6. The average molecular weight is 365 g/mol. The van der Waals surface area contributed by atoms with Gasteiger partial charge in [-0.3, -0.25) is 4.99 Å². The maximum atomic E-state index is 12.6. The highest BCUT2D eigenvalue weighted by Gasteiger charge is 2.29. The van der Waals surface area contributed by atoms with Crippen LogP contribution < -0.4 is 10.6 Å². The molecule has 0 unspecified atom stereocenters. The molecule has 2 N–H and O–H groups in total. The molecule has 2 aromatic rings. The molecule has 2 aromatic carbocycles. The van der Waals surface area contributed by atoms with Gasteiger partial charge in [0.1, 0.15) is 0 Å². The molecule has 0 atom stereocenters. The monoisotopic (exact) mass is 365 g/mol. The zero-order chi connectivity index (χ0) is 19.0. The lowest BCUT2D eigenvalue weighted by atomic mass is 10.1. The molecule has 0 aliphatic heterocycles. The Hall–Kier alpha value is -2.54. The van der Waals surface area contributed by atoms with Gasteiger partial charge in [-0.05, 0) is 28.8 Å². The molecule has 0 aliphatic carbocycles. The van der Waals surface area contributed by atoms with Crippen LogP contribution in [0.5, 0.6) is 0 Å². The second-order valence-electron chi connectivity index (χ2n) is 5.72. The van der Waals surface area contributed by atoms with Gasteiger partial charge in [0, 0.05) is 27.2 Å². The molecule has 0 heterocycles. The van der Waals surface area contributed by atoms with Crippen molar-refractivity contribution in [1.82, 2.24) is 10.6 Å². The lowest BCUT2D eigenvalue weighted by Gasteiger charge is -2.13. The third kappa shape index (κ3) is 6.07. The van der Waals surface area contributed by atoms with Gasteiger partial charge in [-0.1, -0.05) is 36.4 Å². The first kappa shape index (κ1) is 19.8. The van der Waals surface area contributed by atoms with E-state index in [0.29, 0.717) is 25.7 Å². The third-order valence-electron chi connectivity index (χ3n) is 3.76. The second kappa shape index (κ2) is 9.24. The van der Waals surface area contributed by atoms with Crippen molar-refractivity contribution in [3.63, 3.8) is 0 Å². The predicted octanol–water partition coefficient (Wildman–Crippen LogP) is 3.72. The third-order valence-corrected chi connectivity index (χ3v) is 3.76. The average Bonchev–Trinajstić information content (AvgIpc) is 2.63. The number of ether oxygens (including phenoxy) is 1. The van der Waals surface area contributed by atoms with Crippen molar-refractivity contribution in [3.05, 3.63) is 70.8 Å². The fraction of sp³-hybridized carbons (Fsp3) is 0.316. The Labute approximate surface area is 151 Å². The maximum Gasteiger partial charge on any atom is 0.416 e. The SMILES string of the molecule is CN=C(NCc1ccc(COC)cc1)NCc1ccc(C(F)(F)F)cc1. The van der Waals surface area contributed by atoms with Gasteiger partial charge in [-0.15, -0.1) is 0 Å². The first-order chi connectivity index (χ1) is 12.4. The van der Waals surface area contributed by atoms with Crippen molar-refractivity contribution in [1.29, 1.82) is 0 Å². The van der Waals surface area contributed by atoms with E-state index < -0.39 is 11.7 Å². The number of hydrogen-bond acceptors (Lipinski definition) is 2. The number of hydrogen-bond donors (Lipinski definition) is 2. The summed E-state index contributed by atoms with van der Waals surface area (Å²) in [6.07, 6.45) is -4.32. The van der Waals surface area contributed by atoms with Crippen LogP contribution >= 0.6 is 0 Å². The fourth-order valence-electron chi connectivity index (χ4n) is 2.32. The number of nitrogens with one attached hydrogen (secondary N) is 2. The lowest BCUT2D eigenvalue weighted by Crippen LogP contribution is -2.36. The van der Waals surface area contributed by atoms with Gasteiger partial charge in [0.15, 0.2) is 5.96 Å². The molecule has 0 saturated carbocycles. The van der Waals surface area contributed by atoms with Crippen molar-refractivity contribution >= 4 is 5.96 Å². The van der Waals surface area contributed by atoms with E-state index in [4.69, 9.17) is 4.74 Å². The standard InChI is InChI=1S/C19H22F3N3O/c1-23-18(24-11-14-3-5-16(6-4-14)13-26-2)25-12-15-7-9-17(10-8-15)19(20,21)22/h3-10H,11-13H2,1-2H3,(H2,23,24,25). The van der Waals surface area contributed by atoms with Crippen LogP contribution in [0, 0.1) is 0 Å². The van der Waals surface area contributed by atoms with Crippen LogP contribution in [0.4, 0.5) is 13.2 Å². The molecule has 4 nitrogen and oxygen atoms in total. The van der Waals surface area contributed by atoms with E-state index in [0.717, 1.165) is 28.8 Å². The van der Waals surface area contributed by atoms with E-state index >= 15 is 0 Å². The molecule has 0 radical (unpaired) electrons. The normalized spacial score (nSPS) is 12.1. The summed E-state index contributed by atoms with van der Waals surface area (Å²) in [7, 11) is 3.30. The van der Waals surface area contributed by atoms with Crippen molar-refractivity contribution in [2.75, 3.05) is 14.2 Å². The van der Waals surface area contributed by atoms with Gasteiger partial charge >= 0.3 is 6.18 Å². The Bertz CT molecular complexity index is 710. The van der Waals surface area contributed by atoms with Gasteiger partial charge in [0.25, 0.3) is 0 Å². The summed E-state index contributed by atoms with van der Waals surface area (Å²) in [6, 6.07) is 13.1. The smallest absolute Gasteiger partial charge is 0.380 e. The molecule has 0 bridgehead atoms. The van der Waals surface area contributed by atoms with Gasteiger partial charge in [-0.2, -0.15) is 13.2 Å². The van der Waals surface area contributed by atoms with Crippen LogP contribution in [0.15, 0.2) is 53.5 Å². The Morgan fingerprint density at radius 2 is 1.35 bits per heavy atom. The van der Waals surface area contributed by atoms with Crippen LogP contribution in [0.3, 0.4) is 0 Å². The predicted molar refractivity (Wildman–Crippen MR) is 95.6 cm³/mol. The molecule has 0 fully saturated rings. The highest BCUT2D eigenvalue weighted by atomic mass is 19.4. The van der Waals surface area contributed by atoms with E-state index in [-0.39, 0.29) is 0 Å². The molecule has 2 rings (SSSR count). The molecule has 0 aliphatic rings. The molecule has 0 saturated heterocycles. The quantitative estimate of drug-likeness (QED) is 0.606. The number of halogens is 3. The van der Waals surface area contributed by atoms with Crippen molar-refractivity contribution in [3.8, 4) is 0 Å². The summed E-state index contributed by atoms with van der Waals surface area (Å²) in [5.74, 6) is 0.575. The highest BCUT2D eigenvalue weighted by molar-refractivity contribution is 5.79. The van der Waals surface area contributed by atoms with Crippen LogP contribution in [0.1, 0.15) is 22.3 Å². The zero-order valence-corrected chi connectivity index (χ0v) is 14.7. The Morgan fingerprint density at radius 1 is 0.885 bits per heavy atom. The molecule has 0 amide bonds. The molecular weight excluding hydrogens is 343 g/mol. The largest absolute Gasteiger partial charge is 0.416 e. The summed E-state index contributed by atoms with van der Waals surface area (Å²) in [4.78, 5) is 4.12. The van der Waals surface area contributed by atoms with Gasteiger partial charge in [0.2, 0.25) is 0 Å². The van der Waals surface area contributed by atoms with Gasteiger partial charge in [-0.25, -0.2) is 0 Å². The van der Waals surface area contributed by atoms with Crippen LogP contribution in [-0.4, -0.2) is 20.1 Å². The summed E-state index contributed by atoms with van der Waals surface area (Å²) in [5.41, 5.74) is 2.27. The number of benzene rings is 2. The minimum Gasteiger partial charge on any atom is -0.380 e. The first-order valence-electron chi connectivity index (χ1n) is 8.10. The fourth-order valence-corrected chi connectivity index (χ4v) is 2.32. The lowest BCUT2D eigenvalue weighted by molar-refractivity contribution is -0.137. The van der Waals surface area contributed by atoms with E-state index in [9.17, 15) is 13.2 Å². The molecule has 7 heteroatoms. The summed E-state index contributed by atoms with van der Waals surface area (Å²) < 4.78 is 42.8. The summed E-state index contributed by atoms with van der Waals surface area (Å²) >= 11 is 0. The van der Waals surface area contributed by atoms with Gasteiger partial charge < -0.3 is 15.4 Å². The van der Waals surface area contributed by atoms with Crippen LogP contribution in [-0.2, 0) is 30.6 Å². The second-order valence-corrected chi connectivity index (χ2v) is 5.72. The zero-order valence-electron chi connectivity index (χ0n) is 14.7. The number of methoxy groups -OCH3 is 1. The Balaban J connectivity index is 1.84. The highest BCUT2D eigenvalue weighted by Crippen LogP contribution is 2.29. The Morgan fingerprint density at radius 3 is 1.77 bits per heavy atom. The van der Waals surface area contributed by atoms with Crippen molar-refractivity contribution in [2.45, 2.75) is 25.9 Å². The molecule has 140 valence electrons. The number of alkyl halides is 3. The molecule has 0 spiro atoms. The Kier molecular flexibility index (Phi) is 7.03. The number of guanidine groups is 1. The number of rotatable bonds is 6. The minimum atomic E-state index is -4.32. The number of nitrogens with zero attached hydrogens (tertiary/aromatic N) is 1. The van der Waals surface area contributed by atoms with Crippen molar-refractivity contribution < 1.29 is 17.9 Å². The van der Waals surface area contributed by atoms with Crippen LogP contribution in [0.2, 0.25) is 0 Å². The van der Waals surface area contributed by atoms with Gasteiger partial charge in [0.05, 0.1) is 12.2 Å². The van der Waals surface area contributed by atoms with E-state index in [1.165, 1.54) is 12.1 Å². The minimum absolute atomic E-state index is 0.380. The van der Waals surface area contributed by atoms with E-state index in [1.807, 2.05) is 24.3 Å². The topological polar surface area (TPSA) is 45.7 Å². The van der Waals surface area contributed by atoms with Crippen LogP contribution in [0.25, 0.3) is 0 Å². The summed E-state index contributed by atoms with van der Waals surface area (Å²) in [5, 5.41) is 6.25.